The van der Waals surface area contributed by atoms with Gasteiger partial charge in [-0.3, -0.25) is 9.89 Å². The summed E-state index contributed by atoms with van der Waals surface area (Å²) in [6, 6.07) is 7.76. The predicted octanol–water partition coefficient (Wildman–Crippen LogP) is 3.08. The van der Waals surface area contributed by atoms with Crippen LogP contribution in [0, 0.1) is 0 Å². The highest BCUT2D eigenvalue weighted by Crippen LogP contribution is 2.25. The van der Waals surface area contributed by atoms with Crippen molar-refractivity contribution in [2.24, 2.45) is 0 Å². The van der Waals surface area contributed by atoms with Crippen molar-refractivity contribution < 1.29 is 14.3 Å². The number of nitrogens with zero attached hydrogens (tertiary/aromatic N) is 2. The lowest BCUT2D eigenvalue weighted by Crippen LogP contribution is -2.36. The van der Waals surface area contributed by atoms with Crippen molar-refractivity contribution in [1.82, 2.24) is 15.1 Å². The fraction of sp³-hybridized carbons (Fsp3) is 0.450. The maximum Gasteiger partial charge on any atom is 0.359 e. The number of amides is 1. The van der Waals surface area contributed by atoms with E-state index in [1.165, 1.54) is 5.56 Å². The number of hydrogen-bond acceptors (Lipinski definition) is 4. The summed E-state index contributed by atoms with van der Waals surface area (Å²) in [5, 5.41) is 6.98. The summed E-state index contributed by atoms with van der Waals surface area (Å²) in [6.07, 6.45) is 0.646. The van der Waals surface area contributed by atoms with Crippen LogP contribution in [0.2, 0.25) is 0 Å². The van der Waals surface area contributed by atoms with Gasteiger partial charge >= 0.3 is 5.97 Å². The van der Waals surface area contributed by atoms with E-state index in [2.05, 4.69) is 31.0 Å². The molecular formula is C20H25N3O3. The summed E-state index contributed by atoms with van der Waals surface area (Å²) in [6.45, 7) is 9.44. The monoisotopic (exact) mass is 355 g/mol. The molecule has 2 aromatic rings. The lowest BCUT2D eigenvalue weighted by molar-refractivity contribution is 0.0513. The molecular weight excluding hydrogens is 330 g/mol. The lowest BCUT2D eigenvalue weighted by atomic mass is 9.86. The SMILES string of the molecule is CCOC(=O)c1n[nH]c2c1CN(C(=O)c1ccc(C(C)(C)C)cc1)CC2. The van der Waals surface area contributed by atoms with Crippen molar-refractivity contribution in [3.8, 4) is 0 Å². The number of fused-ring (bicyclic) bond motifs is 1. The average molecular weight is 355 g/mol. The number of hydrogen-bond donors (Lipinski definition) is 1. The van der Waals surface area contributed by atoms with Gasteiger partial charge in [0.1, 0.15) is 0 Å². The normalized spacial score (nSPS) is 14.1. The third kappa shape index (κ3) is 3.49. The molecule has 0 bridgehead atoms. The van der Waals surface area contributed by atoms with E-state index in [0.29, 0.717) is 31.7 Å². The molecule has 6 nitrogen and oxygen atoms in total. The Morgan fingerprint density at radius 1 is 1.23 bits per heavy atom. The molecule has 138 valence electrons. The minimum atomic E-state index is -0.450. The molecule has 0 spiro atoms. The first kappa shape index (κ1) is 18.2. The van der Waals surface area contributed by atoms with E-state index < -0.39 is 5.97 Å². The van der Waals surface area contributed by atoms with Crippen LogP contribution in [-0.4, -0.2) is 40.1 Å². The Kier molecular flexibility index (Phi) is 4.85. The van der Waals surface area contributed by atoms with Gasteiger partial charge in [0, 0.05) is 29.8 Å². The van der Waals surface area contributed by atoms with Gasteiger partial charge in [0.05, 0.1) is 13.2 Å². The molecule has 3 rings (SSSR count). The molecule has 26 heavy (non-hydrogen) atoms. The number of aromatic nitrogens is 2. The van der Waals surface area contributed by atoms with E-state index >= 15 is 0 Å². The molecule has 1 amide bonds. The maximum absolute atomic E-state index is 12.9. The molecule has 2 heterocycles. The zero-order valence-corrected chi connectivity index (χ0v) is 15.8. The Morgan fingerprint density at radius 2 is 1.92 bits per heavy atom. The van der Waals surface area contributed by atoms with Gasteiger partial charge in [-0.05, 0) is 30.0 Å². The van der Waals surface area contributed by atoms with Gasteiger partial charge < -0.3 is 9.64 Å². The fourth-order valence-corrected chi connectivity index (χ4v) is 3.13. The minimum absolute atomic E-state index is 0.0351. The van der Waals surface area contributed by atoms with Crippen LogP contribution in [0.4, 0.5) is 0 Å². The van der Waals surface area contributed by atoms with Crippen molar-refractivity contribution in [3.05, 3.63) is 52.3 Å². The van der Waals surface area contributed by atoms with Crippen LogP contribution >= 0.6 is 0 Å². The van der Waals surface area contributed by atoms with E-state index in [4.69, 9.17) is 4.74 Å². The third-order valence-electron chi connectivity index (χ3n) is 4.69. The Bertz CT molecular complexity index is 816. The Labute approximate surface area is 153 Å². The number of aromatic amines is 1. The highest BCUT2D eigenvalue weighted by atomic mass is 16.5. The Morgan fingerprint density at radius 3 is 2.54 bits per heavy atom. The van der Waals surface area contributed by atoms with Crippen LogP contribution in [0.5, 0.6) is 0 Å². The van der Waals surface area contributed by atoms with Gasteiger partial charge in [0.2, 0.25) is 0 Å². The second-order valence-corrected chi connectivity index (χ2v) is 7.55. The molecule has 0 saturated heterocycles. The third-order valence-corrected chi connectivity index (χ3v) is 4.69. The smallest absolute Gasteiger partial charge is 0.359 e. The molecule has 1 aliphatic heterocycles. The van der Waals surface area contributed by atoms with Crippen LogP contribution in [0.3, 0.4) is 0 Å². The van der Waals surface area contributed by atoms with Gasteiger partial charge in [0.15, 0.2) is 5.69 Å². The summed E-state index contributed by atoms with van der Waals surface area (Å²) >= 11 is 0. The zero-order valence-electron chi connectivity index (χ0n) is 15.8. The molecule has 1 N–H and O–H groups in total. The van der Waals surface area contributed by atoms with E-state index in [1.807, 2.05) is 24.3 Å². The summed E-state index contributed by atoms with van der Waals surface area (Å²) in [7, 11) is 0. The lowest BCUT2D eigenvalue weighted by Gasteiger charge is -2.27. The van der Waals surface area contributed by atoms with Gasteiger partial charge in [0.25, 0.3) is 5.91 Å². The van der Waals surface area contributed by atoms with Crippen molar-refractivity contribution >= 4 is 11.9 Å². The largest absolute Gasteiger partial charge is 0.461 e. The highest BCUT2D eigenvalue weighted by Gasteiger charge is 2.29. The van der Waals surface area contributed by atoms with E-state index in [0.717, 1.165) is 11.3 Å². The van der Waals surface area contributed by atoms with Gasteiger partial charge in [-0.1, -0.05) is 32.9 Å². The van der Waals surface area contributed by atoms with Crippen molar-refractivity contribution in [3.63, 3.8) is 0 Å². The van der Waals surface area contributed by atoms with Crippen LogP contribution in [0.25, 0.3) is 0 Å². The van der Waals surface area contributed by atoms with Gasteiger partial charge in [-0.2, -0.15) is 5.10 Å². The summed E-state index contributed by atoms with van der Waals surface area (Å²) in [5.41, 5.74) is 3.83. The van der Waals surface area contributed by atoms with Crippen molar-refractivity contribution in [1.29, 1.82) is 0 Å². The summed E-state index contributed by atoms with van der Waals surface area (Å²) < 4.78 is 5.05. The van der Waals surface area contributed by atoms with E-state index in [9.17, 15) is 9.59 Å². The quantitative estimate of drug-likeness (QED) is 0.859. The standard InChI is InChI=1S/C20H25N3O3/c1-5-26-19(25)17-15-12-23(11-10-16(15)21-22-17)18(24)13-6-8-14(9-7-13)20(2,3)4/h6-9H,5,10-12H2,1-4H3,(H,21,22). The molecule has 0 aliphatic carbocycles. The molecule has 0 saturated carbocycles. The molecule has 0 atom stereocenters. The van der Waals surface area contributed by atoms with E-state index in [1.54, 1.807) is 11.8 Å². The Hall–Kier alpha value is -2.63. The first-order valence-electron chi connectivity index (χ1n) is 8.94. The molecule has 0 unspecified atom stereocenters. The van der Waals surface area contributed by atoms with E-state index in [-0.39, 0.29) is 17.0 Å². The molecule has 6 heteroatoms. The highest BCUT2D eigenvalue weighted by molar-refractivity contribution is 5.95. The number of carbonyl (C=O) groups is 2. The maximum atomic E-state index is 12.9. The number of ether oxygens (including phenoxy) is 1. The average Bonchev–Trinajstić information content (AvgIpc) is 3.04. The summed E-state index contributed by atoms with van der Waals surface area (Å²) in [5.74, 6) is -0.485. The molecule has 1 aromatic carbocycles. The number of esters is 1. The van der Waals surface area contributed by atoms with Gasteiger partial charge in [-0.15, -0.1) is 0 Å². The van der Waals surface area contributed by atoms with Crippen molar-refractivity contribution in [2.45, 2.75) is 46.1 Å². The first-order valence-corrected chi connectivity index (χ1v) is 8.94. The van der Waals surface area contributed by atoms with Gasteiger partial charge in [-0.25, -0.2) is 4.79 Å². The van der Waals surface area contributed by atoms with Crippen molar-refractivity contribution in [2.75, 3.05) is 13.2 Å². The second kappa shape index (κ2) is 6.94. The number of rotatable bonds is 3. The first-order chi connectivity index (χ1) is 12.3. The molecule has 0 fully saturated rings. The fourth-order valence-electron chi connectivity index (χ4n) is 3.13. The summed E-state index contributed by atoms with van der Waals surface area (Å²) in [4.78, 5) is 26.7. The van der Waals surface area contributed by atoms with Crippen LogP contribution in [0.1, 0.15) is 65.4 Å². The topological polar surface area (TPSA) is 75.3 Å². The van der Waals surface area contributed by atoms with Crippen LogP contribution in [-0.2, 0) is 23.1 Å². The second-order valence-electron chi connectivity index (χ2n) is 7.55. The zero-order chi connectivity index (χ0) is 18.9. The van der Waals surface area contributed by atoms with Crippen LogP contribution in [0.15, 0.2) is 24.3 Å². The number of H-pyrrole nitrogens is 1. The Balaban J connectivity index is 1.79. The number of nitrogens with one attached hydrogen (secondary N) is 1. The number of carbonyl (C=O) groups excluding carboxylic acids is 2. The molecule has 0 radical (unpaired) electrons. The molecule has 1 aliphatic rings. The van der Waals surface area contributed by atoms with Crippen LogP contribution < -0.4 is 0 Å². The minimum Gasteiger partial charge on any atom is -0.461 e. The number of benzene rings is 1. The molecule has 1 aromatic heterocycles. The predicted molar refractivity (Wildman–Crippen MR) is 98.1 cm³/mol.